The molecule has 0 amide bonds. The van der Waals surface area contributed by atoms with Gasteiger partial charge in [-0.15, -0.1) is 10.2 Å². The zero-order valence-corrected chi connectivity index (χ0v) is 18.5. The van der Waals surface area contributed by atoms with Crippen molar-refractivity contribution in [2.24, 2.45) is 5.73 Å². The summed E-state index contributed by atoms with van der Waals surface area (Å²) >= 11 is 0. The van der Waals surface area contributed by atoms with Gasteiger partial charge in [0.25, 0.3) is 0 Å². The van der Waals surface area contributed by atoms with Crippen molar-refractivity contribution in [1.82, 2.24) is 10.2 Å². The first-order valence-corrected chi connectivity index (χ1v) is 10.9. The standard InChI is InChI=1S/C26H24F3N3O2/c1-2-6-22(30)25-32-31-24(34-25)20-13-14-23(21(15-20)26(27,28)29)33-16-17-9-11-19(12-10-17)18-7-4-3-5-8-18/h3-5,7-15,22H,2,6,16,30H2,1H3. The Balaban J connectivity index is 1.52. The van der Waals surface area contributed by atoms with Gasteiger partial charge in [0, 0.05) is 5.56 Å². The lowest BCUT2D eigenvalue weighted by atomic mass is 10.0. The lowest BCUT2D eigenvalue weighted by molar-refractivity contribution is -0.139. The molecule has 176 valence electrons. The van der Waals surface area contributed by atoms with Crippen molar-refractivity contribution in [3.8, 4) is 28.3 Å². The Morgan fingerprint density at radius 2 is 1.59 bits per heavy atom. The van der Waals surface area contributed by atoms with E-state index in [2.05, 4.69) is 10.2 Å². The molecule has 8 heteroatoms. The molecule has 0 aliphatic heterocycles. The summed E-state index contributed by atoms with van der Waals surface area (Å²) in [6, 6.07) is 20.6. The van der Waals surface area contributed by atoms with Crippen LogP contribution in [0.3, 0.4) is 0 Å². The second-order valence-electron chi connectivity index (χ2n) is 7.90. The minimum atomic E-state index is -4.62. The van der Waals surface area contributed by atoms with Gasteiger partial charge in [-0.25, -0.2) is 0 Å². The summed E-state index contributed by atoms with van der Waals surface area (Å²) in [4.78, 5) is 0. The molecule has 1 atom stereocenters. The van der Waals surface area contributed by atoms with Gasteiger partial charge in [0.1, 0.15) is 12.4 Å². The third-order valence-electron chi connectivity index (χ3n) is 5.34. The minimum absolute atomic E-state index is 0.00588. The number of hydrogen-bond donors (Lipinski definition) is 1. The molecular formula is C26H24F3N3O2. The molecular weight excluding hydrogens is 443 g/mol. The minimum Gasteiger partial charge on any atom is -0.488 e. The smallest absolute Gasteiger partial charge is 0.419 e. The molecule has 1 heterocycles. The van der Waals surface area contributed by atoms with E-state index >= 15 is 0 Å². The average Bonchev–Trinajstić information content (AvgIpc) is 3.34. The Bertz CT molecular complexity index is 1220. The molecule has 0 aliphatic rings. The molecule has 0 fully saturated rings. The van der Waals surface area contributed by atoms with Gasteiger partial charge in [-0.3, -0.25) is 0 Å². The summed E-state index contributed by atoms with van der Waals surface area (Å²) < 4.78 is 52.4. The van der Waals surface area contributed by atoms with Crippen molar-refractivity contribution in [2.45, 2.75) is 38.6 Å². The highest BCUT2D eigenvalue weighted by Gasteiger charge is 2.35. The lowest BCUT2D eigenvalue weighted by Gasteiger charge is -2.15. The van der Waals surface area contributed by atoms with Gasteiger partial charge >= 0.3 is 6.18 Å². The molecule has 1 unspecified atom stereocenters. The SMILES string of the molecule is CCCC(N)c1nnc(-c2ccc(OCc3ccc(-c4ccccc4)cc3)c(C(F)(F)F)c2)o1. The number of nitrogens with zero attached hydrogens (tertiary/aromatic N) is 2. The first kappa shape index (κ1) is 23.5. The molecule has 0 spiro atoms. The maximum absolute atomic E-state index is 13.8. The van der Waals surface area contributed by atoms with E-state index in [1.54, 1.807) is 0 Å². The van der Waals surface area contributed by atoms with Crippen LogP contribution in [0.15, 0.2) is 77.2 Å². The number of nitrogens with two attached hydrogens (primary N) is 1. The molecule has 4 rings (SSSR count). The molecule has 4 aromatic rings. The van der Waals surface area contributed by atoms with E-state index in [1.165, 1.54) is 12.1 Å². The van der Waals surface area contributed by atoms with Crippen LogP contribution >= 0.6 is 0 Å². The first-order chi connectivity index (χ1) is 16.3. The summed E-state index contributed by atoms with van der Waals surface area (Å²) in [6.07, 6.45) is -3.17. The highest BCUT2D eigenvalue weighted by atomic mass is 19.4. The van der Waals surface area contributed by atoms with Crippen molar-refractivity contribution in [2.75, 3.05) is 0 Å². The van der Waals surface area contributed by atoms with Crippen molar-refractivity contribution >= 4 is 0 Å². The Kier molecular flexibility index (Phi) is 6.98. The molecule has 2 N–H and O–H groups in total. The van der Waals surface area contributed by atoms with Crippen LogP contribution in [0.1, 0.15) is 42.8 Å². The van der Waals surface area contributed by atoms with Crippen molar-refractivity contribution in [1.29, 1.82) is 0 Å². The molecule has 5 nitrogen and oxygen atoms in total. The summed E-state index contributed by atoms with van der Waals surface area (Å²) in [7, 11) is 0. The van der Waals surface area contributed by atoms with Crippen molar-refractivity contribution in [3.05, 3.63) is 89.8 Å². The van der Waals surface area contributed by atoms with Crippen LogP contribution in [0.25, 0.3) is 22.6 Å². The topological polar surface area (TPSA) is 74.2 Å². The predicted octanol–water partition coefficient (Wildman–Crippen LogP) is 6.80. The maximum atomic E-state index is 13.8. The summed E-state index contributed by atoms with van der Waals surface area (Å²) in [5, 5.41) is 7.74. The molecule has 0 radical (unpaired) electrons. The first-order valence-electron chi connectivity index (χ1n) is 10.9. The largest absolute Gasteiger partial charge is 0.488 e. The Morgan fingerprint density at radius 1 is 0.912 bits per heavy atom. The van der Waals surface area contributed by atoms with E-state index in [-0.39, 0.29) is 29.7 Å². The fraction of sp³-hybridized carbons (Fsp3) is 0.231. The zero-order chi connectivity index (χ0) is 24.1. The Hall–Kier alpha value is -3.65. The molecule has 34 heavy (non-hydrogen) atoms. The van der Waals surface area contributed by atoms with Crippen LogP contribution in [0.5, 0.6) is 5.75 Å². The highest BCUT2D eigenvalue weighted by molar-refractivity contribution is 5.63. The average molecular weight is 467 g/mol. The van der Waals surface area contributed by atoms with Gasteiger partial charge in [-0.1, -0.05) is 67.9 Å². The number of aromatic nitrogens is 2. The third-order valence-corrected chi connectivity index (χ3v) is 5.34. The molecule has 0 saturated carbocycles. The van der Waals surface area contributed by atoms with Crippen molar-refractivity contribution < 1.29 is 22.3 Å². The molecule has 3 aromatic carbocycles. The zero-order valence-electron chi connectivity index (χ0n) is 18.5. The van der Waals surface area contributed by atoms with Gasteiger partial charge in [-0.05, 0) is 41.3 Å². The number of rotatable bonds is 8. The molecule has 1 aromatic heterocycles. The van der Waals surface area contributed by atoms with Gasteiger partial charge in [0.05, 0.1) is 11.6 Å². The number of hydrogen-bond acceptors (Lipinski definition) is 5. The second-order valence-corrected chi connectivity index (χ2v) is 7.90. The van der Waals surface area contributed by atoms with Crippen LogP contribution in [0, 0.1) is 0 Å². The van der Waals surface area contributed by atoms with E-state index in [4.69, 9.17) is 14.9 Å². The Morgan fingerprint density at radius 3 is 2.26 bits per heavy atom. The molecule has 0 bridgehead atoms. The van der Waals surface area contributed by atoms with E-state index < -0.39 is 17.8 Å². The molecule has 0 aliphatic carbocycles. The van der Waals surface area contributed by atoms with E-state index in [0.29, 0.717) is 6.42 Å². The predicted molar refractivity (Wildman–Crippen MR) is 123 cm³/mol. The van der Waals surface area contributed by atoms with E-state index in [9.17, 15) is 13.2 Å². The van der Waals surface area contributed by atoms with Gasteiger partial charge in [0.2, 0.25) is 11.8 Å². The maximum Gasteiger partial charge on any atom is 0.419 e. The van der Waals surface area contributed by atoms with Gasteiger partial charge < -0.3 is 14.9 Å². The van der Waals surface area contributed by atoms with E-state index in [0.717, 1.165) is 29.2 Å². The van der Waals surface area contributed by atoms with Gasteiger partial charge in [-0.2, -0.15) is 13.2 Å². The molecule has 0 saturated heterocycles. The van der Waals surface area contributed by atoms with Gasteiger partial charge in [0.15, 0.2) is 0 Å². The Labute approximate surface area is 195 Å². The number of benzene rings is 3. The van der Waals surface area contributed by atoms with E-state index in [1.807, 2.05) is 61.5 Å². The number of halogens is 3. The highest BCUT2D eigenvalue weighted by Crippen LogP contribution is 2.39. The fourth-order valence-corrected chi connectivity index (χ4v) is 3.53. The number of alkyl halides is 3. The number of ether oxygens (including phenoxy) is 1. The second kappa shape index (κ2) is 10.1. The summed E-state index contributed by atoms with van der Waals surface area (Å²) in [5.41, 5.74) is 8.02. The van der Waals surface area contributed by atoms with Crippen molar-refractivity contribution in [3.63, 3.8) is 0 Å². The fourth-order valence-electron chi connectivity index (χ4n) is 3.53. The summed E-state index contributed by atoms with van der Waals surface area (Å²) in [5.74, 6) is -0.0920. The van der Waals surface area contributed by atoms with Crippen LogP contribution in [0.2, 0.25) is 0 Å². The third kappa shape index (κ3) is 5.46. The monoisotopic (exact) mass is 467 g/mol. The lowest BCUT2D eigenvalue weighted by Crippen LogP contribution is -2.09. The quantitative estimate of drug-likeness (QED) is 0.308. The van der Waals surface area contributed by atoms with Crippen LogP contribution in [-0.4, -0.2) is 10.2 Å². The van der Waals surface area contributed by atoms with Crippen LogP contribution < -0.4 is 10.5 Å². The summed E-state index contributed by atoms with van der Waals surface area (Å²) in [6.45, 7) is 1.96. The normalized spacial score (nSPS) is 12.5. The van der Waals surface area contributed by atoms with Crippen LogP contribution in [0.4, 0.5) is 13.2 Å². The van der Waals surface area contributed by atoms with Crippen LogP contribution in [-0.2, 0) is 12.8 Å².